The van der Waals surface area contributed by atoms with Crippen molar-refractivity contribution in [3.63, 3.8) is 0 Å². The molecule has 0 N–H and O–H groups in total. The molecule has 5 aromatic rings. The average Bonchev–Trinajstić information content (AvgIpc) is 3.52. The minimum absolute atomic E-state index is 0.181. The largest absolute Gasteiger partial charge is 0.0720 e. The van der Waals surface area contributed by atoms with Crippen LogP contribution in [0.1, 0.15) is 39.3 Å². The van der Waals surface area contributed by atoms with Crippen molar-refractivity contribution >= 4 is 17.7 Å². The van der Waals surface area contributed by atoms with E-state index in [9.17, 15) is 0 Å². The first-order chi connectivity index (χ1) is 17.4. The van der Waals surface area contributed by atoms with Crippen LogP contribution in [0, 0.1) is 10.4 Å². The summed E-state index contributed by atoms with van der Waals surface area (Å²) in [6.07, 6.45) is 8.44. The molecule has 5 aromatic carbocycles. The van der Waals surface area contributed by atoms with Crippen molar-refractivity contribution < 1.29 is 0 Å². The molecular weight excluding hydrogens is 420 g/mol. The van der Waals surface area contributed by atoms with E-state index >= 15 is 0 Å². The fourth-order valence-corrected chi connectivity index (χ4v) is 5.67. The van der Waals surface area contributed by atoms with Crippen LogP contribution in [0.5, 0.6) is 0 Å². The Hall–Kier alpha value is -4.42. The Morgan fingerprint density at radius 2 is 1.23 bits per heavy atom. The van der Waals surface area contributed by atoms with Gasteiger partial charge < -0.3 is 0 Å². The highest BCUT2D eigenvalue weighted by Crippen LogP contribution is 2.37. The number of fused-ring (bicyclic) bond motifs is 3. The summed E-state index contributed by atoms with van der Waals surface area (Å²) in [7, 11) is 0. The fraction of sp³-hybridized carbons (Fsp3) is 0.0286. The van der Waals surface area contributed by atoms with Crippen molar-refractivity contribution in [2.24, 2.45) is 0 Å². The maximum atomic E-state index is 3.81. The van der Waals surface area contributed by atoms with Crippen molar-refractivity contribution in [1.29, 1.82) is 0 Å². The van der Waals surface area contributed by atoms with E-state index in [1.807, 2.05) is 0 Å². The summed E-state index contributed by atoms with van der Waals surface area (Å²) in [5, 5.41) is 4.99. The Bertz CT molecular complexity index is 1780. The SMILES string of the molecule is [C]1=c2ccccc2=c2ccc(=C(c3ccccc3)c3ccccc3)c(C3C=Cc4ccccc43)c21. The topological polar surface area (TPSA) is 0 Å². The third-order valence-electron chi connectivity index (χ3n) is 7.23. The van der Waals surface area contributed by atoms with Crippen molar-refractivity contribution in [3.8, 4) is 0 Å². The van der Waals surface area contributed by atoms with Crippen molar-refractivity contribution in [1.82, 2.24) is 0 Å². The lowest BCUT2D eigenvalue weighted by Gasteiger charge is -2.19. The Labute approximate surface area is 205 Å². The Morgan fingerprint density at radius 3 is 2.00 bits per heavy atom. The van der Waals surface area contributed by atoms with Gasteiger partial charge in [0.25, 0.3) is 0 Å². The molecule has 1 unspecified atom stereocenters. The zero-order valence-corrected chi connectivity index (χ0v) is 19.3. The van der Waals surface area contributed by atoms with Crippen LogP contribution in [0.15, 0.2) is 127 Å². The van der Waals surface area contributed by atoms with Crippen LogP contribution in [0.25, 0.3) is 17.7 Å². The van der Waals surface area contributed by atoms with Crippen LogP contribution >= 0.6 is 0 Å². The van der Waals surface area contributed by atoms with Gasteiger partial charge in [0.05, 0.1) is 0 Å². The molecule has 2 aliphatic carbocycles. The summed E-state index contributed by atoms with van der Waals surface area (Å²) < 4.78 is 0. The predicted molar refractivity (Wildman–Crippen MR) is 144 cm³/mol. The summed E-state index contributed by atoms with van der Waals surface area (Å²) in [5.74, 6) is 0.181. The quantitative estimate of drug-likeness (QED) is 0.297. The molecule has 1 atom stereocenters. The molecule has 1 radical (unpaired) electrons. The van der Waals surface area contributed by atoms with E-state index in [4.69, 9.17) is 0 Å². The van der Waals surface area contributed by atoms with Gasteiger partial charge in [-0.1, -0.05) is 133 Å². The van der Waals surface area contributed by atoms with Gasteiger partial charge in [-0.2, -0.15) is 0 Å². The molecule has 0 fully saturated rings. The summed E-state index contributed by atoms with van der Waals surface area (Å²) in [6, 6.07) is 43.6. The van der Waals surface area contributed by atoms with Gasteiger partial charge in [-0.25, -0.2) is 0 Å². The van der Waals surface area contributed by atoms with E-state index in [1.54, 1.807) is 0 Å². The maximum absolute atomic E-state index is 3.81. The average molecular weight is 444 g/mol. The van der Waals surface area contributed by atoms with Crippen molar-refractivity contribution in [2.45, 2.75) is 5.92 Å². The van der Waals surface area contributed by atoms with Gasteiger partial charge in [0.2, 0.25) is 0 Å². The van der Waals surface area contributed by atoms with Gasteiger partial charge >= 0.3 is 0 Å². The smallest absolute Gasteiger partial charge is 0.0291 e. The molecule has 0 nitrogen and oxygen atoms in total. The number of rotatable bonds is 3. The molecule has 163 valence electrons. The Kier molecular flexibility index (Phi) is 4.63. The van der Waals surface area contributed by atoms with E-state index in [2.05, 4.69) is 140 Å². The Morgan fingerprint density at radius 1 is 0.571 bits per heavy atom. The second kappa shape index (κ2) is 8.11. The van der Waals surface area contributed by atoms with Crippen molar-refractivity contribution in [3.05, 3.63) is 182 Å². The molecule has 0 aliphatic heterocycles. The zero-order chi connectivity index (χ0) is 23.2. The van der Waals surface area contributed by atoms with Crippen LogP contribution in [0.3, 0.4) is 0 Å². The van der Waals surface area contributed by atoms with Gasteiger partial charge in [-0.05, 0) is 65.9 Å². The second-order valence-corrected chi connectivity index (χ2v) is 9.19. The number of benzene rings is 5. The molecule has 0 spiro atoms. The van der Waals surface area contributed by atoms with E-state index in [-0.39, 0.29) is 5.92 Å². The van der Waals surface area contributed by atoms with Crippen molar-refractivity contribution in [2.75, 3.05) is 0 Å². The van der Waals surface area contributed by atoms with Crippen LogP contribution in [-0.4, -0.2) is 0 Å². The predicted octanol–water partition coefficient (Wildman–Crippen LogP) is 6.40. The van der Waals surface area contributed by atoms with Gasteiger partial charge in [0, 0.05) is 5.92 Å². The molecular formula is C35H23. The van der Waals surface area contributed by atoms with Gasteiger partial charge in [0.1, 0.15) is 0 Å². The van der Waals surface area contributed by atoms with Gasteiger partial charge in [-0.15, -0.1) is 0 Å². The number of allylic oxidation sites excluding steroid dienone is 1. The first kappa shape index (κ1) is 20.0. The lowest BCUT2D eigenvalue weighted by Crippen LogP contribution is -2.19. The third-order valence-corrected chi connectivity index (χ3v) is 7.23. The normalized spacial score (nSPS) is 14.7. The standard InChI is InChI=1S/C35H23/c1-3-12-25(13-4-1)34(26-14-5-2-6-15-26)32-22-21-30-29-18-10-8-16-27(29)23-33(30)35(32)31-20-19-24-11-7-9-17-28(24)31/h1-22,31H. The van der Waals surface area contributed by atoms with Gasteiger partial charge in [0.15, 0.2) is 0 Å². The highest BCUT2D eigenvalue weighted by Gasteiger charge is 2.25. The summed E-state index contributed by atoms with van der Waals surface area (Å²) >= 11 is 0. The molecule has 0 heteroatoms. The fourth-order valence-electron chi connectivity index (χ4n) is 5.67. The van der Waals surface area contributed by atoms with Gasteiger partial charge in [-0.3, -0.25) is 0 Å². The summed E-state index contributed by atoms with van der Waals surface area (Å²) in [4.78, 5) is 0. The first-order valence-electron chi connectivity index (χ1n) is 12.2. The highest BCUT2D eigenvalue weighted by molar-refractivity contribution is 5.82. The monoisotopic (exact) mass is 443 g/mol. The summed E-state index contributed by atoms with van der Waals surface area (Å²) in [5.41, 5.74) is 8.94. The minimum atomic E-state index is 0.181. The minimum Gasteiger partial charge on any atom is -0.0720 e. The van der Waals surface area contributed by atoms with E-state index in [0.717, 1.165) is 0 Å². The zero-order valence-electron chi connectivity index (χ0n) is 19.3. The lowest BCUT2D eigenvalue weighted by molar-refractivity contribution is 1.03. The lowest BCUT2D eigenvalue weighted by atomic mass is 9.84. The molecule has 0 heterocycles. The maximum Gasteiger partial charge on any atom is 0.0291 e. The van der Waals surface area contributed by atoms with Crippen LogP contribution in [-0.2, 0) is 0 Å². The summed E-state index contributed by atoms with van der Waals surface area (Å²) in [6.45, 7) is 0. The van der Waals surface area contributed by atoms with E-state index in [0.29, 0.717) is 0 Å². The molecule has 0 bridgehead atoms. The molecule has 0 saturated heterocycles. The molecule has 0 saturated carbocycles. The molecule has 35 heavy (non-hydrogen) atoms. The van der Waals surface area contributed by atoms with Crippen LogP contribution in [0.2, 0.25) is 0 Å². The number of hydrogen-bond donors (Lipinski definition) is 0. The molecule has 2 aliphatic rings. The third kappa shape index (κ3) is 3.22. The van der Waals surface area contributed by atoms with E-state index < -0.39 is 0 Å². The second-order valence-electron chi connectivity index (χ2n) is 9.19. The number of hydrogen-bond acceptors (Lipinski definition) is 0. The van der Waals surface area contributed by atoms with Crippen LogP contribution in [0.4, 0.5) is 0 Å². The molecule has 0 aromatic heterocycles. The first-order valence-corrected chi connectivity index (χ1v) is 12.2. The van der Waals surface area contributed by atoms with E-state index in [1.165, 1.54) is 59.8 Å². The molecule has 0 amide bonds. The molecule has 7 rings (SSSR count). The highest BCUT2D eigenvalue weighted by atomic mass is 14.3. The Balaban J connectivity index is 1.67. The van der Waals surface area contributed by atoms with Crippen LogP contribution < -0.4 is 10.4 Å².